The first-order valence-corrected chi connectivity index (χ1v) is 7.30. The molecule has 2 aromatic carbocycles. The first-order valence-electron chi connectivity index (χ1n) is 6.86. The number of hydrogen-bond donors (Lipinski definition) is 2. The third kappa shape index (κ3) is 2.79. The Morgan fingerprint density at radius 2 is 1.78 bits per heavy atom. The zero-order chi connectivity index (χ0) is 16.4. The number of anilines is 1. The van der Waals surface area contributed by atoms with Crippen molar-refractivity contribution in [2.24, 2.45) is 0 Å². The van der Waals surface area contributed by atoms with Gasteiger partial charge in [-0.15, -0.1) is 12.6 Å². The normalized spacial score (nSPS) is 17.7. The van der Waals surface area contributed by atoms with Crippen molar-refractivity contribution in [1.82, 2.24) is 5.32 Å². The van der Waals surface area contributed by atoms with Crippen molar-refractivity contribution < 1.29 is 9.18 Å². The minimum Gasteiger partial charge on any atom is -0.327 e. The first kappa shape index (κ1) is 15.1. The van der Waals surface area contributed by atoms with E-state index < -0.39 is 12.1 Å². The van der Waals surface area contributed by atoms with Crippen molar-refractivity contribution in [3.8, 4) is 6.07 Å². The maximum atomic E-state index is 13.2. The number of benzene rings is 2. The molecule has 0 spiro atoms. The fraction of sp³-hybridized carbons (Fsp3) is 0.0588. The van der Waals surface area contributed by atoms with Crippen LogP contribution in [-0.4, -0.2) is 5.91 Å². The van der Waals surface area contributed by atoms with Crippen LogP contribution in [0.3, 0.4) is 0 Å². The summed E-state index contributed by atoms with van der Waals surface area (Å²) in [7, 11) is 0. The summed E-state index contributed by atoms with van der Waals surface area (Å²) in [6.07, 6.45) is -0.574. The van der Waals surface area contributed by atoms with Gasteiger partial charge in [0.1, 0.15) is 23.6 Å². The lowest BCUT2D eigenvalue weighted by Crippen LogP contribution is -2.46. The van der Waals surface area contributed by atoms with Gasteiger partial charge in [0.15, 0.2) is 0 Å². The highest BCUT2D eigenvalue weighted by Crippen LogP contribution is 2.35. The molecule has 0 saturated heterocycles. The molecule has 0 aliphatic carbocycles. The molecule has 1 aliphatic heterocycles. The molecule has 6 heteroatoms. The van der Waals surface area contributed by atoms with Crippen molar-refractivity contribution in [3.63, 3.8) is 0 Å². The van der Waals surface area contributed by atoms with Crippen LogP contribution in [0.15, 0.2) is 65.2 Å². The van der Waals surface area contributed by atoms with Crippen LogP contribution in [0.5, 0.6) is 0 Å². The number of rotatable bonds is 2. The molecule has 2 aromatic rings. The van der Waals surface area contributed by atoms with E-state index in [9.17, 15) is 14.4 Å². The molecule has 0 radical (unpaired) electrons. The molecule has 1 N–H and O–H groups in total. The molecule has 23 heavy (non-hydrogen) atoms. The molecular formula is C17H12FN3OS. The number of hydrogen-bond acceptors (Lipinski definition) is 4. The quantitative estimate of drug-likeness (QED) is 0.834. The van der Waals surface area contributed by atoms with Gasteiger partial charge in [-0.1, -0.05) is 30.3 Å². The standard InChI is InChI=1S/C17H12FN3OS/c18-12-8-6-11(7-9-12)15-20-16(22)14(10-19)17(23)21(15)13-4-2-1-3-5-13/h1-9,15,23H,(H,20,22)/t15-/m0/s1. The van der Waals surface area contributed by atoms with Crippen LogP contribution in [-0.2, 0) is 4.79 Å². The summed E-state index contributed by atoms with van der Waals surface area (Å²) in [5, 5.41) is 12.2. The Hall–Kier alpha value is -2.78. The predicted octanol–water partition coefficient (Wildman–Crippen LogP) is 3.13. The Bertz CT molecular complexity index is 812. The summed E-state index contributed by atoms with van der Waals surface area (Å²) in [6.45, 7) is 0. The van der Waals surface area contributed by atoms with Crippen LogP contribution >= 0.6 is 12.6 Å². The van der Waals surface area contributed by atoms with Gasteiger partial charge in [-0.25, -0.2) is 4.39 Å². The molecule has 1 amide bonds. The molecule has 0 unspecified atom stereocenters. The average Bonchev–Trinajstić information content (AvgIpc) is 2.56. The summed E-state index contributed by atoms with van der Waals surface area (Å²) in [5.74, 6) is -0.861. The van der Waals surface area contributed by atoms with Crippen molar-refractivity contribution in [2.45, 2.75) is 6.17 Å². The number of halogens is 1. The number of nitrogens with zero attached hydrogens (tertiary/aromatic N) is 2. The maximum absolute atomic E-state index is 13.2. The van der Waals surface area contributed by atoms with Gasteiger partial charge in [0.05, 0.1) is 5.03 Å². The van der Waals surface area contributed by atoms with Gasteiger partial charge < -0.3 is 10.2 Å². The number of thiol groups is 1. The van der Waals surface area contributed by atoms with Gasteiger partial charge >= 0.3 is 0 Å². The van der Waals surface area contributed by atoms with Crippen molar-refractivity contribution in [2.75, 3.05) is 4.90 Å². The zero-order valence-electron chi connectivity index (χ0n) is 11.9. The summed E-state index contributed by atoms with van der Waals surface area (Å²) in [5.41, 5.74) is 1.39. The van der Waals surface area contributed by atoms with Gasteiger partial charge in [-0.2, -0.15) is 5.26 Å². The molecule has 1 atom stereocenters. The second kappa shape index (κ2) is 6.15. The largest absolute Gasteiger partial charge is 0.327 e. The summed E-state index contributed by atoms with van der Waals surface area (Å²) in [6, 6.07) is 17.0. The van der Waals surface area contributed by atoms with E-state index in [1.807, 2.05) is 36.4 Å². The number of nitrogens with one attached hydrogen (secondary N) is 1. The number of amides is 1. The van der Waals surface area contributed by atoms with Crippen LogP contribution in [0.25, 0.3) is 0 Å². The van der Waals surface area contributed by atoms with Gasteiger partial charge in [0.25, 0.3) is 5.91 Å². The lowest BCUT2D eigenvalue weighted by atomic mass is 10.1. The molecule has 0 fully saturated rings. The lowest BCUT2D eigenvalue weighted by Gasteiger charge is -2.38. The van der Waals surface area contributed by atoms with Gasteiger partial charge in [-0.05, 0) is 29.8 Å². The molecule has 114 valence electrons. The highest BCUT2D eigenvalue weighted by atomic mass is 32.1. The Balaban J connectivity index is 2.14. The molecule has 4 nitrogen and oxygen atoms in total. The van der Waals surface area contributed by atoms with Crippen LogP contribution in [0.2, 0.25) is 0 Å². The second-order valence-corrected chi connectivity index (χ2v) is 5.37. The average molecular weight is 325 g/mol. The zero-order valence-corrected chi connectivity index (χ0v) is 12.8. The van der Waals surface area contributed by atoms with E-state index in [0.717, 1.165) is 5.69 Å². The monoisotopic (exact) mass is 325 g/mol. The van der Waals surface area contributed by atoms with Crippen molar-refractivity contribution in [1.29, 1.82) is 5.26 Å². The predicted molar refractivity (Wildman–Crippen MR) is 87.8 cm³/mol. The van der Waals surface area contributed by atoms with Gasteiger partial charge in [0, 0.05) is 5.69 Å². The van der Waals surface area contributed by atoms with Gasteiger partial charge in [-0.3, -0.25) is 4.79 Å². The topological polar surface area (TPSA) is 56.1 Å². The third-order valence-corrected chi connectivity index (χ3v) is 3.98. The Labute approximate surface area is 138 Å². The minimum absolute atomic E-state index is 0.0597. The van der Waals surface area contributed by atoms with Crippen molar-refractivity contribution in [3.05, 3.63) is 76.6 Å². The fourth-order valence-electron chi connectivity index (χ4n) is 2.44. The summed E-state index contributed by atoms with van der Waals surface area (Å²) in [4.78, 5) is 13.9. The molecule has 0 bridgehead atoms. The minimum atomic E-state index is -0.574. The van der Waals surface area contributed by atoms with Crippen LogP contribution < -0.4 is 10.2 Å². The van der Waals surface area contributed by atoms with E-state index in [4.69, 9.17) is 0 Å². The highest BCUT2D eigenvalue weighted by molar-refractivity contribution is 7.84. The smallest absolute Gasteiger partial charge is 0.266 e. The Morgan fingerprint density at radius 1 is 1.13 bits per heavy atom. The lowest BCUT2D eigenvalue weighted by molar-refractivity contribution is -0.118. The molecule has 3 rings (SSSR count). The SMILES string of the molecule is N#CC1=C(S)N(c2ccccc2)[C@@H](c2ccc(F)cc2)NC1=O. The molecule has 0 aromatic heterocycles. The molecule has 0 saturated carbocycles. The number of para-hydroxylation sites is 1. The van der Waals surface area contributed by atoms with Crippen LogP contribution in [0.4, 0.5) is 10.1 Å². The van der Waals surface area contributed by atoms with Gasteiger partial charge in [0.2, 0.25) is 0 Å². The van der Waals surface area contributed by atoms with Crippen LogP contribution in [0, 0.1) is 17.1 Å². The van der Waals surface area contributed by atoms with E-state index in [2.05, 4.69) is 17.9 Å². The Morgan fingerprint density at radius 3 is 2.39 bits per heavy atom. The molecular weight excluding hydrogens is 313 g/mol. The number of nitriles is 1. The number of carbonyl (C=O) groups excluding carboxylic acids is 1. The Kier molecular flexibility index (Phi) is 4.04. The first-order chi connectivity index (χ1) is 11.1. The second-order valence-electron chi connectivity index (χ2n) is 4.94. The van der Waals surface area contributed by atoms with E-state index in [1.165, 1.54) is 12.1 Å². The maximum Gasteiger partial charge on any atom is 0.266 e. The highest BCUT2D eigenvalue weighted by Gasteiger charge is 2.33. The molecule has 1 aliphatic rings. The van der Waals surface area contributed by atoms with E-state index in [-0.39, 0.29) is 16.4 Å². The third-order valence-electron chi connectivity index (χ3n) is 3.54. The summed E-state index contributed by atoms with van der Waals surface area (Å²) < 4.78 is 13.2. The number of carbonyl (C=O) groups is 1. The van der Waals surface area contributed by atoms with Crippen LogP contribution in [0.1, 0.15) is 11.7 Å². The van der Waals surface area contributed by atoms with E-state index in [0.29, 0.717) is 5.56 Å². The van der Waals surface area contributed by atoms with E-state index in [1.54, 1.807) is 17.0 Å². The van der Waals surface area contributed by atoms with Crippen molar-refractivity contribution >= 4 is 24.2 Å². The fourth-order valence-corrected chi connectivity index (χ4v) is 2.83. The summed E-state index contributed by atoms with van der Waals surface area (Å²) >= 11 is 4.38. The van der Waals surface area contributed by atoms with E-state index >= 15 is 0 Å². The molecule has 1 heterocycles.